The van der Waals surface area contributed by atoms with Crippen LogP contribution in [-0.4, -0.2) is 19.0 Å². The second-order valence-corrected chi connectivity index (χ2v) is 4.16. The second kappa shape index (κ2) is 4.97. The van der Waals surface area contributed by atoms with Gasteiger partial charge in [-0.25, -0.2) is 0 Å². The van der Waals surface area contributed by atoms with E-state index in [4.69, 9.17) is 11.6 Å². The fourth-order valence-electron chi connectivity index (χ4n) is 0.655. The minimum absolute atomic E-state index is 0.395. The first-order valence-corrected chi connectivity index (χ1v) is 4.36. The maximum absolute atomic E-state index is 5.51. The van der Waals surface area contributed by atoms with Crippen LogP contribution in [0.25, 0.3) is 0 Å². The van der Waals surface area contributed by atoms with E-state index in [0.717, 1.165) is 25.4 Å². The highest BCUT2D eigenvalue weighted by Crippen LogP contribution is 2.09. The summed E-state index contributed by atoms with van der Waals surface area (Å²) in [7, 11) is 0. The Bertz CT molecular complexity index is 75.8. The van der Waals surface area contributed by atoms with Crippen molar-refractivity contribution in [2.75, 3.05) is 19.0 Å². The van der Waals surface area contributed by atoms with Gasteiger partial charge in [-0.05, 0) is 24.9 Å². The van der Waals surface area contributed by atoms with Gasteiger partial charge in [-0.3, -0.25) is 0 Å². The van der Waals surface area contributed by atoms with Gasteiger partial charge in [0, 0.05) is 5.88 Å². The zero-order valence-corrected chi connectivity index (χ0v) is 7.96. The molecule has 0 aliphatic carbocycles. The van der Waals surface area contributed by atoms with E-state index in [1.54, 1.807) is 0 Å². The van der Waals surface area contributed by atoms with Crippen LogP contribution in [0.4, 0.5) is 0 Å². The first kappa shape index (κ1) is 10.2. The second-order valence-electron chi connectivity index (χ2n) is 3.78. The molecule has 0 bridgehead atoms. The lowest BCUT2D eigenvalue weighted by molar-refractivity contribution is 0.381. The molecule has 0 aromatic carbocycles. The van der Waals surface area contributed by atoms with Gasteiger partial charge in [-0.15, -0.1) is 11.6 Å². The predicted octanol–water partition coefficient (Wildman–Crippen LogP) is 2.25. The normalized spacial score (nSPS) is 12.0. The molecule has 2 heteroatoms. The summed E-state index contributed by atoms with van der Waals surface area (Å²) in [6, 6.07) is 0. The lowest BCUT2D eigenvalue weighted by Crippen LogP contribution is -2.27. The average Bonchev–Trinajstić information content (AvgIpc) is 1.78. The van der Waals surface area contributed by atoms with Gasteiger partial charge in [-0.1, -0.05) is 20.8 Å². The van der Waals surface area contributed by atoms with Gasteiger partial charge in [0.2, 0.25) is 0 Å². The van der Waals surface area contributed by atoms with E-state index in [1.165, 1.54) is 0 Å². The number of hydrogen-bond donors (Lipinski definition) is 1. The van der Waals surface area contributed by atoms with Crippen LogP contribution in [0.3, 0.4) is 0 Å². The molecule has 0 rings (SSSR count). The zero-order valence-electron chi connectivity index (χ0n) is 7.21. The molecule has 0 saturated carbocycles. The highest BCUT2D eigenvalue weighted by Gasteiger charge is 2.07. The maximum atomic E-state index is 5.51. The van der Waals surface area contributed by atoms with E-state index in [-0.39, 0.29) is 0 Å². The Morgan fingerprint density at radius 1 is 1.30 bits per heavy atom. The Kier molecular flexibility index (Phi) is 5.10. The first-order chi connectivity index (χ1) is 4.56. The largest absolute Gasteiger partial charge is 0.316 e. The van der Waals surface area contributed by atoms with Crippen LogP contribution in [0.2, 0.25) is 0 Å². The molecule has 1 nitrogen and oxygen atoms in total. The molecule has 0 saturated heterocycles. The number of alkyl halides is 1. The number of rotatable bonds is 4. The number of nitrogens with one attached hydrogen (secondary N) is 1. The van der Waals surface area contributed by atoms with Gasteiger partial charge in [0.05, 0.1) is 0 Å². The van der Waals surface area contributed by atoms with E-state index >= 15 is 0 Å². The van der Waals surface area contributed by atoms with Crippen LogP contribution >= 0.6 is 11.6 Å². The quantitative estimate of drug-likeness (QED) is 0.495. The molecule has 0 aromatic heterocycles. The molecule has 0 amide bonds. The van der Waals surface area contributed by atoms with Gasteiger partial charge in [0.25, 0.3) is 0 Å². The maximum Gasteiger partial charge on any atom is 0.0235 e. The van der Waals surface area contributed by atoms with Crippen molar-refractivity contribution in [1.29, 1.82) is 0 Å². The van der Waals surface area contributed by atoms with Gasteiger partial charge in [0.15, 0.2) is 0 Å². The van der Waals surface area contributed by atoms with Crippen molar-refractivity contribution in [2.45, 2.75) is 27.2 Å². The molecule has 0 fully saturated rings. The van der Waals surface area contributed by atoms with Crippen molar-refractivity contribution in [2.24, 2.45) is 5.41 Å². The predicted molar refractivity (Wildman–Crippen MR) is 47.7 cm³/mol. The third-order valence-electron chi connectivity index (χ3n) is 1.14. The summed E-state index contributed by atoms with van der Waals surface area (Å²) in [5.41, 5.74) is 0.395. The molecule has 1 N–H and O–H groups in total. The Balaban J connectivity index is 3.04. The molecule has 0 atom stereocenters. The van der Waals surface area contributed by atoms with E-state index in [2.05, 4.69) is 26.1 Å². The third kappa shape index (κ3) is 8.25. The molecule has 0 spiro atoms. The molecular weight excluding hydrogens is 146 g/mol. The minimum Gasteiger partial charge on any atom is -0.316 e. The summed E-state index contributed by atoms with van der Waals surface area (Å²) in [5, 5.41) is 3.34. The summed E-state index contributed by atoms with van der Waals surface area (Å²) in [4.78, 5) is 0. The van der Waals surface area contributed by atoms with E-state index in [0.29, 0.717) is 5.41 Å². The van der Waals surface area contributed by atoms with Crippen molar-refractivity contribution < 1.29 is 0 Å². The molecule has 0 unspecified atom stereocenters. The average molecular weight is 164 g/mol. The molecule has 0 aliphatic heterocycles. The summed E-state index contributed by atoms with van der Waals surface area (Å²) < 4.78 is 0. The highest BCUT2D eigenvalue weighted by atomic mass is 35.5. The van der Waals surface area contributed by atoms with Gasteiger partial charge in [0.1, 0.15) is 0 Å². The third-order valence-corrected chi connectivity index (χ3v) is 1.41. The SMILES string of the molecule is CC(C)(C)CNCCCCl. The van der Waals surface area contributed by atoms with E-state index in [9.17, 15) is 0 Å². The fourth-order valence-corrected chi connectivity index (χ4v) is 0.789. The lowest BCUT2D eigenvalue weighted by atomic mass is 9.97. The summed E-state index contributed by atoms with van der Waals surface area (Å²) >= 11 is 5.51. The van der Waals surface area contributed by atoms with Gasteiger partial charge < -0.3 is 5.32 Å². The molecule has 0 aliphatic rings. The zero-order chi connectivity index (χ0) is 8.04. The minimum atomic E-state index is 0.395. The summed E-state index contributed by atoms with van der Waals surface area (Å²) in [6.07, 6.45) is 1.07. The lowest BCUT2D eigenvalue weighted by Gasteiger charge is -2.18. The van der Waals surface area contributed by atoms with E-state index in [1.807, 2.05) is 0 Å². The van der Waals surface area contributed by atoms with Crippen LogP contribution < -0.4 is 5.32 Å². The monoisotopic (exact) mass is 163 g/mol. The van der Waals surface area contributed by atoms with Gasteiger partial charge >= 0.3 is 0 Å². The molecule has 0 heterocycles. The topological polar surface area (TPSA) is 12.0 Å². The van der Waals surface area contributed by atoms with Crippen molar-refractivity contribution in [1.82, 2.24) is 5.32 Å². The summed E-state index contributed by atoms with van der Waals surface area (Å²) in [6.45, 7) is 8.78. The Morgan fingerprint density at radius 2 is 1.90 bits per heavy atom. The standard InChI is InChI=1S/C8H18ClN/c1-8(2,3)7-10-6-4-5-9/h10H,4-7H2,1-3H3. The van der Waals surface area contributed by atoms with Crippen molar-refractivity contribution in [3.8, 4) is 0 Å². The molecule has 0 aromatic rings. The fraction of sp³-hybridized carbons (Fsp3) is 1.00. The number of hydrogen-bond acceptors (Lipinski definition) is 1. The summed E-state index contributed by atoms with van der Waals surface area (Å²) in [5.74, 6) is 0.761. The van der Waals surface area contributed by atoms with E-state index < -0.39 is 0 Å². The van der Waals surface area contributed by atoms with Crippen LogP contribution in [0.15, 0.2) is 0 Å². The van der Waals surface area contributed by atoms with Crippen molar-refractivity contribution in [3.05, 3.63) is 0 Å². The van der Waals surface area contributed by atoms with Crippen molar-refractivity contribution >= 4 is 11.6 Å². The Morgan fingerprint density at radius 3 is 2.30 bits per heavy atom. The van der Waals surface area contributed by atoms with Crippen LogP contribution in [0.1, 0.15) is 27.2 Å². The van der Waals surface area contributed by atoms with Crippen molar-refractivity contribution in [3.63, 3.8) is 0 Å². The first-order valence-electron chi connectivity index (χ1n) is 3.83. The van der Waals surface area contributed by atoms with Crippen LogP contribution in [-0.2, 0) is 0 Å². The van der Waals surface area contributed by atoms with Gasteiger partial charge in [-0.2, -0.15) is 0 Å². The molecule has 0 radical (unpaired) electrons. The smallest absolute Gasteiger partial charge is 0.0235 e. The molecule has 62 valence electrons. The number of halogens is 1. The molecular formula is C8H18ClN. The Labute approximate surface area is 69.1 Å². The highest BCUT2D eigenvalue weighted by molar-refractivity contribution is 6.17. The molecule has 10 heavy (non-hydrogen) atoms. The van der Waals surface area contributed by atoms with Crippen LogP contribution in [0.5, 0.6) is 0 Å². The Hall–Kier alpha value is 0.250. The van der Waals surface area contributed by atoms with Crippen LogP contribution in [0, 0.1) is 5.41 Å².